The molecule has 2 aromatic carbocycles. The van der Waals surface area contributed by atoms with Crippen molar-refractivity contribution < 1.29 is 19.0 Å². The van der Waals surface area contributed by atoms with E-state index in [9.17, 15) is 19.0 Å². The number of aromatic nitrogens is 3. The molecule has 2 fully saturated rings. The SMILES string of the molecule is O=C(Nc1cccc(-c2ccc(S(O)(O)N3CCC[C@@H]3CO)cc2)n1)C1(c2ccc3nccnc3c2)CC1. The minimum Gasteiger partial charge on any atom is -0.395 e. The van der Waals surface area contributed by atoms with Gasteiger partial charge in [0.2, 0.25) is 5.91 Å². The number of nitrogens with one attached hydrogen (secondary N) is 1. The van der Waals surface area contributed by atoms with Crippen LogP contribution in [0.15, 0.2) is 78.0 Å². The average molecular weight is 532 g/mol. The third-order valence-corrected chi connectivity index (χ3v) is 9.56. The molecule has 196 valence electrons. The molecule has 1 saturated heterocycles. The van der Waals surface area contributed by atoms with Crippen molar-refractivity contribution in [3.05, 3.63) is 78.6 Å². The first kappa shape index (κ1) is 24.9. The van der Waals surface area contributed by atoms with Gasteiger partial charge in [0.25, 0.3) is 0 Å². The second-order valence-electron chi connectivity index (χ2n) is 9.87. The number of carbonyl (C=O) groups excluding carboxylic acids is 1. The van der Waals surface area contributed by atoms with Crippen LogP contribution in [0.4, 0.5) is 5.82 Å². The fraction of sp³-hybridized carbons (Fsp3) is 0.286. The van der Waals surface area contributed by atoms with Gasteiger partial charge >= 0.3 is 0 Å². The van der Waals surface area contributed by atoms with Crippen molar-refractivity contribution in [2.24, 2.45) is 0 Å². The zero-order chi connectivity index (χ0) is 26.3. The minimum absolute atomic E-state index is 0.0984. The van der Waals surface area contributed by atoms with Crippen LogP contribution in [0.5, 0.6) is 0 Å². The number of hydrogen-bond donors (Lipinski definition) is 4. The first-order chi connectivity index (χ1) is 18.4. The van der Waals surface area contributed by atoms with E-state index in [4.69, 9.17) is 0 Å². The second kappa shape index (κ2) is 9.72. The fourth-order valence-corrected chi connectivity index (χ4v) is 6.95. The van der Waals surface area contributed by atoms with E-state index in [2.05, 4.69) is 20.3 Å². The van der Waals surface area contributed by atoms with Gasteiger partial charge in [0.15, 0.2) is 0 Å². The molecule has 1 aliphatic carbocycles. The van der Waals surface area contributed by atoms with E-state index in [0.717, 1.165) is 47.8 Å². The number of anilines is 1. The molecule has 2 aromatic heterocycles. The Labute approximate surface area is 222 Å². The van der Waals surface area contributed by atoms with E-state index in [1.54, 1.807) is 47.0 Å². The van der Waals surface area contributed by atoms with Crippen LogP contribution in [0.3, 0.4) is 0 Å². The third kappa shape index (κ3) is 4.44. The Hall–Kier alpha value is -3.41. The van der Waals surface area contributed by atoms with E-state index in [0.29, 0.717) is 23.0 Å². The molecular formula is C28H29N5O4S. The first-order valence-corrected chi connectivity index (χ1v) is 14.2. The van der Waals surface area contributed by atoms with Gasteiger partial charge in [-0.25, -0.2) is 4.98 Å². The van der Waals surface area contributed by atoms with Gasteiger partial charge in [0.1, 0.15) is 5.82 Å². The lowest BCUT2D eigenvalue weighted by molar-refractivity contribution is -0.118. The maximum Gasteiger partial charge on any atom is 0.236 e. The fourth-order valence-electron chi connectivity index (χ4n) is 5.20. The number of hydrogen-bond acceptors (Lipinski definition) is 8. The largest absolute Gasteiger partial charge is 0.395 e. The van der Waals surface area contributed by atoms with Crippen LogP contribution in [0.2, 0.25) is 0 Å². The molecule has 3 heterocycles. The highest BCUT2D eigenvalue weighted by atomic mass is 32.3. The zero-order valence-corrected chi connectivity index (χ0v) is 21.5. The number of benzene rings is 2. The standard InChI is InChI=1S/C28H29N5O4S/c34-18-21-3-2-16-33(21)38(36,37)22-9-6-19(7-10-22)23-4-1-5-26(31-23)32-27(35)28(12-13-28)20-8-11-24-25(17-20)30-15-14-29-24/h1,4-11,14-15,17,21,34,36-37H,2-3,12-13,16,18H2,(H,31,32,35)/t21-/m1/s1. The van der Waals surface area contributed by atoms with Crippen LogP contribution in [0, 0.1) is 0 Å². The minimum atomic E-state index is -3.19. The van der Waals surface area contributed by atoms with E-state index in [1.165, 1.54) is 0 Å². The lowest BCUT2D eigenvalue weighted by atomic mass is 9.94. The third-order valence-electron chi connectivity index (χ3n) is 7.52. The Morgan fingerprint density at radius 2 is 1.79 bits per heavy atom. The predicted molar refractivity (Wildman–Crippen MR) is 147 cm³/mol. The molecule has 0 radical (unpaired) electrons. The van der Waals surface area contributed by atoms with Crippen LogP contribution >= 0.6 is 10.8 Å². The molecule has 10 heteroatoms. The lowest BCUT2D eigenvalue weighted by Gasteiger charge is -2.43. The van der Waals surface area contributed by atoms with Gasteiger partial charge in [-0.3, -0.25) is 23.9 Å². The molecule has 0 unspecified atom stereocenters. The molecule has 38 heavy (non-hydrogen) atoms. The molecule has 1 amide bonds. The van der Waals surface area contributed by atoms with Crippen molar-refractivity contribution in [2.75, 3.05) is 18.5 Å². The topological polar surface area (TPSA) is 132 Å². The van der Waals surface area contributed by atoms with E-state index >= 15 is 0 Å². The number of nitrogens with zero attached hydrogens (tertiary/aromatic N) is 4. The summed E-state index contributed by atoms with van der Waals surface area (Å²) in [7, 11) is -3.19. The Kier molecular flexibility index (Phi) is 6.37. The van der Waals surface area contributed by atoms with Gasteiger partial charge in [-0.05, 0) is 67.6 Å². The number of aliphatic hydroxyl groups is 1. The molecule has 1 saturated carbocycles. The Morgan fingerprint density at radius 3 is 2.53 bits per heavy atom. The Morgan fingerprint density at radius 1 is 1.03 bits per heavy atom. The van der Waals surface area contributed by atoms with Crippen LogP contribution in [0.25, 0.3) is 22.3 Å². The highest BCUT2D eigenvalue weighted by Gasteiger charge is 2.51. The molecule has 6 rings (SSSR count). The second-order valence-corrected chi connectivity index (χ2v) is 11.8. The zero-order valence-electron chi connectivity index (χ0n) is 20.7. The van der Waals surface area contributed by atoms with E-state index < -0.39 is 16.2 Å². The number of carbonyl (C=O) groups is 1. The number of pyridine rings is 1. The summed E-state index contributed by atoms with van der Waals surface area (Å²) in [6.07, 6.45) is 6.37. The van der Waals surface area contributed by atoms with Crippen LogP contribution in [-0.2, 0) is 10.2 Å². The number of rotatable bonds is 7. The first-order valence-electron chi connectivity index (χ1n) is 12.7. The molecule has 4 aromatic rings. The molecular weight excluding hydrogens is 502 g/mol. The van der Waals surface area contributed by atoms with Gasteiger partial charge in [0, 0.05) is 24.5 Å². The van der Waals surface area contributed by atoms with Crippen LogP contribution in [0.1, 0.15) is 31.2 Å². The van der Waals surface area contributed by atoms with Crippen LogP contribution in [-0.4, -0.2) is 58.6 Å². The van der Waals surface area contributed by atoms with Crippen molar-refractivity contribution in [3.63, 3.8) is 0 Å². The Balaban J connectivity index is 1.19. The number of aliphatic hydroxyl groups excluding tert-OH is 1. The lowest BCUT2D eigenvalue weighted by Crippen LogP contribution is -2.34. The van der Waals surface area contributed by atoms with Gasteiger partial charge in [-0.15, -0.1) is 10.8 Å². The molecule has 1 atom stereocenters. The summed E-state index contributed by atoms with van der Waals surface area (Å²) < 4.78 is 23.4. The summed E-state index contributed by atoms with van der Waals surface area (Å²) in [5, 5.41) is 12.6. The molecule has 1 aliphatic heterocycles. The monoisotopic (exact) mass is 531 g/mol. The maximum atomic E-state index is 13.4. The average Bonchev–Trinajstić information content (AvgIpc) is 3.62. The predicted octanol–water partition coefficient (Wildman–Crippen LogP) is 4.84. The van der Waals surface area contributed by atoms with E-state index in [-0.39, 0.29) is 18.6 Å². The summed E-state index contributed by atoms with van der Waals surface area (Å²) >= 11 is 0. The Bertz CT molecular complexity index is 1490. The van der Waals surface area contributed by atoms with Crippen molar-refractivity contribution in [1.82, 2.24) is 19.3 Å². The maximum absolute atomic E-state index is 13.4. The summed E-state index contributed by atoms with van der Waals surface area (Å²) in [5.41, 5.74) is 3.33. The summed E-state index contributed by atoms with van der Waals surface area (Å²) in [4.78, 5) is 27.1. The summed E-state index contributed by atoms with van der Waals surface area (Å²) in [6, 6.07) is 17.9. The van der Waals surface area contributed by atoms with Gasteiger partial charge in [-0.2, -0.15) is 4.31 Å². The number of amides is 1. The molecule has 0 bridgehead atoms. The summed E-state index contributed by atoms with van der Waals surface area (Å²) in [5.74, 6) is 0.356. The van der Waals surface area contributed by atoms with Gasteiger partial charge in [-0.1, -0.05) is 24.3 Å². The quantitative estimate of drug-likeness (QED) is 0.266. The van der Waals surface area contributed by atoms with E-state index in [1.807, 2.05) is 30.3 Å². The molecule has 9 nitrogen and oxygen atoms in total. The molecule has 2 aliphatic rings. The van der Waals surface area contributed by atoms with Crippen molar-refractivity contribution in [2.45, 2.75) is 42.0 Å². The van der Waals surface area contributed by atoms with Crippen molar-refractivity contribution in [3.8, 4) is 11.3 Å². The van der Waals surface area contributed by atoms with Gasteiger partial charge < -0.3 is 10.4 Å². The highest BCUT2D eigenvalue weighted by molar-refractivity contribution is 8.22. The van der Waals surface area contributed by atoms with Crippen molar-refractivity contribution >= 4 is 33.5 Å². The number of fused-ring (bicyclic) bond motifs is 1. The molecule has 4 N–H and O–H groups in total. The highest BCUT2D eigenvalue weighted by Crippen LogP contribution is 2.55. The smallest absolute Gasteiger partial charge is 0.236 e. The van der Waals surface area contributed by atoms with Crippen molar-refractivity contribution in [1.29, 1.82) is 0 Å². The summed E-state index contributed by atoms with van der Waals surface area (Å²) in [6.45, 7) is 0.430. The normalized spacial score (nSPS) is 19.4. The molecule has 0 spiro atoms. The van der Waals surface area contributed by atoms with Crippen LogP contribution < -0.4 is 5.32 Å². The van der Waals surface area contributed by atoms with Gasteiger partial charge in [0.05, 0.1) is 39.7 Å².